The van der Waals surface area contributed by atoms with E-state index in [9.17, 15) is 14.3 Å². The number of carboxylic acids is 1. The number of ether oxygens (including phenoxy) is 3. The van der Waals surface area contributed by atoms with Crippen LogP contribution in [0.1, 0.15) is 43.9 Å². The highest BCUT2D eigenvalue weighted by Gasteiger charge is 2.38. The van der Waals surface area contributed by atoms with Crippen molar-refractivity contribution in [2.24, 2.45) is 0 Å². The van der Waals surface area contributed by atoms with Gasteiger partial charge in [0, 0.05) is 46.7 Å². The third-order valence-corrected chi connectivity index (χ3v) is 7.14. The molecule has 196 valence electrons. The van der Waals surface area contributed by atoms with E-state index in [1.54, 1.807) is 25.4 Å². The summed E-state index contributed by atoms with van der Waals surface area (Å²) >= 11 is 0. The Morgan fingerprint density at radius 1 is 1.27 bits per heavy atom. The van der Waals surface area contributed by atoms with Gasteiger partial charge in [-0.3, -0.25) is 5.10 Å². The molecule has 1 saturated heterocycles. The van der Waals surface area contributed by atoms with Crippen molar-refractivity contribution >= 4 is 27.8 Å². The van der Waals surface area contributed by atoms with Crippen molar-refractivity contribution in [1.29, 1.82) is 0 Å². The third-order valence-electron chi connectivity index (χ3n) is 7.14. The van der Waals surface area contributed by atoms with Gasteiger partial charge in [0.1, 0.15) is 5.52 Å². The highest BCUT2D eigenvalue weighted by atomic mass is 19.1. The van der Waals surface area contributed by atoms with Crippen LogP contribution in [0.4, 0.5) is 8.78 Å². The molecule has 0 spiro atoms. The van der Waals surface area contributed by atoms with Crippen LogP contribution in [0, 0.1) is 11.6 Å². The first-order chi connectivity index (χ1) is 17.7. The van der Waals surface area contributed by atoms with E-state index in [4.69, 9.17) is 14.2 Å². The van der Waals surface area contributed by atoms with Crippen molar-refractivity contribution in [3.63, 3.8) is 0 Å². The van der Waals surface area contributed by atoms with Crippen molar-refractivity contribution in [2.45, 2.75) is 44.1 Å². The summed E-state index contributed by atoms with van der Waals surface area (Å²) in [5.74, 6) is -2.19. The fourth-order valence-electron chi connectivity index (χ4n) is 5.55. The molecule has 0 amide bonds. The predicted molar refractivity (Wildman–Crippen MR) is 134 cm³/mol. The first-order valence-electron chi connectivity index (χ1n) is 12.1. The smallest absolute Gasteiger partial charge is 0.332 e. The van der Waals surface area contributed by atoms with Gasteiger partial charge in [-0.05, 0) is 36.6 Å². The lowest BCUT2D eigenvalue weighted by Crippen LogP contribution is -2.33. The molecule has 8 nitrogen and oxygen atoms in total. The van der Waals surface area contributed by atoms with Gasteiger partial charge in [-0.15, -0.1) is 0 Å². The van der Waals surface area contributed by atoms with Gasteiger partial charge in [-0.2, -0.15) is 5.10 Å². The second kappa shape index (κ2) is 9.42. The van der Waals surface area contributed by atoms with Crippen molar-refractivity contribution < 1.29 is 32.9 Å². The zero-order valence-corrected chi connectivity index (χ0v) is 21.1. The van der Waals surface area contributed by atoms with Gasteiger partial charge in [-0.1, -0.05) is 13.8 Å². The van der Waals surface area contributed by atoms with E-state index in [0.29, 0.717) is 41.4 Å². The van der Waals surface area contributed by atoms with Crippen molar-refractivity contribution in [3.8, 4) is 11.4 Å². The normalized spacial score (nSPS) is 18.5. The molecule has 4 aromatic rings. The Morgan fingerprint density at radius 2 is 2.05 bits per heavy atom. The molecule has 37 heavy (non-hydrogen) atoms. The molecule has 10 heteroatoms. The zero-order chi connectivity index (χ0) is 26.5. The van der Waals surface area contributed by atoms with E-state index in [-0.39, 0.29) is 23.8 Å². The quantitative estimate of drug-likeness (QED) is 0.358. The maximum absolute atomic E-state index is 16.3. The molecule has 2 aromatic carbocycles. The number of H-pyrrole nitrogens is 1. The van der Waals surface area contributed by atoms with Crippen molar-refractivity contribution in [2.75, 3.05) is 27.4 Å². The highest BCUT2D eigenvalue weighted by molar-refractivity contribution is 6.00. The number of carbonyl (C=O) groups is 1. The molecular weight excluding hydrogens is 484 g/mol. The Balaban J connectivity index is 1.87. The molecule has 0 saturated carbocycles. The van der Waals surface area contributed by atoms with Crippen molar-refractivity contribution in [1.82, 2.24) is 14.8 Å². The number of hydrogen-bond donors (Lipinski definition) is 2. The van der Waals surface area contributed by atoms with E-state index in [1.165, 1.54) is 13.2 Å². The van der Waals surface area contributed by atoms with Crippen LogP contribution < -0.4 is 4.74 Å². The number of carboxylic acid groups (broad SMARTS) is 1. The second-order valence-corrected chi connectivity index (χ2v) is 10.1. The Morgan fingerprint density at radius 3 is 2.70 bits per heavy atom. The summed E-state index contributed by atoms with van der Waals surface area (Å²) in [6.07, 6.45) is 1.46. The molecule has 1 aliphatic heterocycles. The summed E-state index contributed by atoms with van der Waals surface area (Å²) in [7, 11) is 3.00. The minimum Gasteiger partial charge on any atom is -0.494 e. The molecule has 0 radical (unpaired) electrons. The Hall–Kier alpha value is -3.50. The number of fused-ring (bicyclic) bond motifs is 2. The highest BCUT2D eigenvalue weighted by Crippen LogP contribution is 2.46. The lowest BCUT2D eigenvalue weighted by molar-refractivity contribution is -0.153. The maximum Gasteiger partial charge on any atom is 0.332 e. The molecule has 2 aromatic heterocycles. The number of rotatable bonds is 7. The average molecular weight is 514 g/mol. The summed E-state index contributed by atoms with van der Waals surface area (Å²) in [6, 6.07) is 6.39. The lowest BCUT2D eigenvalue weighted by atomic mass is 9.80. The van der Waals surface area contributed by atoms with Gasteiger partial charge in [0.25, 0.3) is 0 Å². The molecule has 5 rings (SSSR count). The minimum atomic E-state index is -1.01. The van der Waals surface area contributed by atoms with Crippen LogP contribution in [0.15, 0.2) is 30.5 Å². The molecule has 0 bridgehead atoms. The third kappa shape index (κ3) is 4.14. The molecule has 3 heterocycles. The first kappa shape index (κ1) is 25.2. The van der Waals surface area contributed by atoms with E-state index < -0.39 is 29.1 Å². The first-order valence-corrected chi connectivity index (χ1v) is 12.1. The van der Waals surface area contributed by atoms with Crippen LogP contribution in [-0.4, -0.2) is 59.4 Å². The number of benzene rings is 2. The van der Waals surface area contributed by atoms with Gasteiger partial charge in [-0.25, -0.2) is 13.6 Å². The van der Waals surface area contributed by atoms with E-state index in [1.807, 2.05) is 24.5 Å². The lowest BCUT2D eigenvalue weighted by Gasteiger charge is -2.32. The standard InChI is InChI=1S/C27H29F2N3O5/c1-27(2,13-35-3)25-21(14-5-8-19(26(33)34)37-12-14)22-18(9-15-11-30-31-24(15)23(22)29)32(25)16-6-7-17(28)20(10-16)36-4/h6-7,9-11,14,19H,5,8,12-13H2,1-4H3,(H,30,31)(H,33,34)/t14-,19?/m0/s1. The van der Waals surface area contributed by atoms with Crippen LogP contribution >= 0.6 is 0 Å². The van der Waals surface area contributed by atoms with Gasteiger partial charge in [0.15, 0.2) is 23.5 Å². The number of hydrogen-bond acceptors (Lipinski definition) is 5. The summed E-state index contributed by atoms with van der Waals surface area (Å²) in [5.41, 5.74) is 2.33. The van der Waals surface area contributed by atoms with Gasteiger partial charge in [0.2, 0.25) is 0 Å². The average Bonchev–Trinajstić information content (AvgIpc) is 3.48. The maximum atomic E-state index is 16.3. The van der Waals surface area contributed by atoms with Crippen LogP contribution in [0.3, 0.4) is 0 Å². The molecule has 2 N–H and O–H groups in total. The predicted octanol–water partition coefficient (Wildman–Crippen LogP) is 5.06. The molecule has 2 atom stereocenters. The summed E-state index contributed by atoms with van der Waals surface area (Å²) in [5, 5.41) is 17.2. The molecule has 1 unspecified atom stereocenters. The van der Waals surface area contributed by atoms with Crippen LogP contribution in [0.5, 0.6) is 5.75 Å². The number of methoxy groups -OCH3 is 2. The number of aromatic amines is 1. The molecule has 1 fully saturated rings. The molecule has 1 aliphatic rings. The summed E-state index contributed by atoms with van der Waals surface area (Å²) < 4.78 is 49.1. The number of aromatic nitrogens is 3. The monoisotopic (exact) mass is 513 g/mol. The fourth-order valence-corrected chi connectivity index (χ4v) is 5.55. The van der Waals surface area contributed by atoms with Gasteiger partial charge < -0.3 is 23.9 Å². The number of aliphatic carboxylic acids is 1. The minimum absolute atomic E-state index is 0.0616. The van der Waals surface area contributed by atoms with Gasteiger partial charge in [0.05, 0.1) is 32.0 Å². The number of nitrogens with zero attached hydrogens (tertiary/aromatic N) is 2. The second-order valence-electron chi connectivity index (χ2n) is 10.1. The Bertz CT molecular complexity index is 1480. The SMILES string of the molecule is COCC(C)(C)c1c([C@H]2CCC(C(=O)O)OC2)c2c(F)c3[nH]ncc3cc2n1-c1ccc(F)c(OC)c1. The van der Waals surface area contributed by atoms with Crippen molar-refractivity contribution in [3.05, 3.63) is 53.4 Å². The Kier molecular flexibility index (Phi) is 6.41. The topological polar surface area (TPSA) is 98.6 Å². The van der Waals surface area contributed by atoms with Crippen LogP contribution in [-0.2, 0) is 19.7 Å². The number of nitrogens with one attached hydrogen (secondary N) is 1. The summed E-state index contributed by atoms with van der Waals surface area (Å²) in [6.45, 7) is 4.45. The molecule has 0 aliphatic carbocycles. The van der Waals surface area contributed by atoms with E-state index in [2.05, 4.69) is 10.2 Å². The largest absolute Gasteiger partial charge is 0.494 e. The number of halogens is 2. The van der Waals surface area contributed by atoms with E-state index in [0.717, 1.165) is 11.3 Å². The van der Waals surface area contributed by atoms with E-state index >= 15 is 4.39 Å². The summed E-state index contributed by atoms with van der Waals surface area (Å²) in [4.78, 5) is 11.5. The molecular formula is C27H29F2N3O5. The van der Waals surface area contributed by atoms with Crippen LogP contribution in [0.25, 0.3) is 27.5 Å². The van der Waals surface area contributed by atoms with Crippen LogP contribution in [0.2, 0.25) is 0 Å². The van der Waals surface area contributed by atoms with Gasteiger partial charge >= 0.3 is 5.97 Å². The fraction of sp³-hybridized carbons (Fsp3) is 0.407. The Labute approximate surface area is 212 Å². The zero-order valence-electron chi connectivity index (χ0n) is 21.1.